The Labute approximate surface area is 110 Å². The van der Waals surface area contributed by atoms with Crippen LogP contribution in [0.25, 0.3) is 0 Å². The molecule has 0 spiro atoms. The number of amides is 1. The summed E-state index contributed by atoms with van der Waals surface area (Å²) in [5, 5.41) is 2.96. The summed E-state index contributed by atoms with van der Waals surface area (Å²) in [5.74, 6) is -0.0315. The molecule has 1 aromatic carbocycles. The summed E-state index contributed by atoms with van der Waals surface area (Å²) in [6.45, 7) is 4.67. The van der Waals surface area contributed by atoms with Gasteiger partial charge in [-0.15, -0.1) is 0 Å². The average Bonchev–Trinajstić information content (AvgIpc) is 2.76. The van der Waals surface area contributed by atoms with Gasteiger partial charge in [0.1, 0.15) is 6.10 Å². The highest BCUT2D eigenvalue weighted by atomic mass is 79.9. The van der Waals surface area contributed by atoms with Crippen LogP contribution < -0.4 is 5.32 Å². The maximum absolute atomic E-state index is 12.0. The molecule has 0 saturated carbocycles. The average molecular weight is 298 g/mol. The summed E-state index contributed by atoms with van der Waals surface area (Å²) < 4.78 is 6.40. The molecule has 17 heavy (non-hydrogen) atoms. The van der Waals surface area contributed by atoms with E-state index < -0.39 is 0 Å². The van der Waals surface area contributed by atoms with E-state index >= 15 is 0 Å². The van der Waals surface area contributed by atoms with Gasteiger partial charge in [-0.05, 0) is 49.9 Å². The fourth-order valence-electron chi connectivity index (χ4n) is 2.10. The lowest BCUT2D eigenvalue weighted by molar-refractivity contribution is -0.124. The number of benzene rings is 1. The zero-order valence-corrected chi connectivity index (χ0v) is 11.6. The molecule has 1 unspecified atom stereocenters. The van der Waals surface area contributed by atoms with Crippen LogP contribution in [0.4, 0.5) is 5.69 Å². The number of carbonyl (C=O) groups is 1. The molecule has 0 radical (unpaired) electrons. The van der Waals surface area contributed by atoms with Crippen molar-refractivity contribution in [3.05, 3.63) is 27.7 Å². The van der Waals surface area contributed by atoms with Gasteiger partial charge in [0, 0.05) is 16.8 Å². The van der Waals surface area contributed by atoms with E-state index in [1.165, 1.54) is 0 Å². The van der Waals surface area contributed by atoms with Crippen molar-refractivity contribution >= 4 is 27.5 Å². The van der Waals surface area contributed by atoms with E-state index in [0.29, 0.717) is 6.61 Å². The van der Waals surface area contributed by atoms with Crippen molar-refractivity contribution in [1.82, 2.24) is 0 Å². The number of anilines is 1. The van der Waals surface area contributed by atoms with E-state index in [-0.39, 0.29) is 12.0 Å². The molecular weight excluding hydrogens is 282 g/mol. The molecule has 1 atom stereocenters. The smallest absolute Gasteiger partial charge is 0.253 e. The number of aryl methyl sites for hydroxylation is 2. The van der Waals surface area contributed by atoms with Crippen molar-refractivity contribution in [2.24, 2.45) is 0 Å². The van der Waals surface area contributed by atoms with E-state index in [1.807, 2.05) is 26.0 Å². The molecule has 1 fully saturated rings. The topological polar surface area (TPSA) is 38.3 Å². The summed E-state index contributed by atoms with van der Waals surface area (Å²) in [7, 11) is 0. The first-order chi connectivity index (χ1) is 8.08. The number of hydrogen-bond acceptors (Lipinski definition) is 2. The van der Waals surface area contributed by atoms with Gasteiger partial charge in [-0.25, -0.2) is 0 Å². The molecule has 1 aliphatic rings. The van der Waals surface area contributed by atoms with Crippen LogP contribution >= 0.6 is 15.9 Å². The highest BCUT2D eigenvalue weighted by molar-refractivity contribution is 9.10. The Morgan fingerprint density at radius 1 is 1.41 bits per heavy atom. The monoisotopic (exact) mass is 297 g/mol. The molecule has 0 aromatic heterocycles. The molecule has 1 amide bonds. The molecule has 2 rings (SSSR count). The summed E-state index contributed by atoms with van der Waals surface area (Å²) in [6.07, 6.45) is 1.51. The molecule has 1 saturated heterocycles. The van der Waals surface area contributed by atoms with E-state index in [2.05, 4.69) is 21.2 Å². The fourth-order valence-corrected chi connectivity index (χ4v) is 2.78. The number of carbonyl (C=O) groups excluding carboxylic acids is 1. The summed E-state index contributed by atoms with van der Waals surface area (Å²) in [5.41, 5.74) is 3.01. The predicted molar refractivity (Wildman–Crippen MR) is 71.2 cm³/mol. The van der Waals surface area contributed by atoms with Crippen molar-refractivity contribution in [3.8, 4) is 0 Å². The van der Waals surface area contributed by atoms with E-state index in [1.54, 1.807) is 0 Å². The first-order valence-corrected chi connectivity index (χ1v) is 6.56. The van der Waals surface area contributed by atoms with Gasteiger partial charge >= 0.3 is 0 Å². The van der Waals surface area contributed by atoms with Crippen molar-refractivity contribution in [1.29, 1.82) is 0 Å². The van der Waals surface area contributed by atoms with Crippen LogP contribution in [0.1, 0.15) is 24.0 Å². The summed E-state index contributed by atoms with van der Waals surface area (Å²) in [4.78, 5) is 12.0. The van der Waals surface area contributed by atoms with Crippen molar-refractivity contribution in [3.63, 3.8) is 0 Å². The standard InChI is InChI=1S/C13H16BrNO2/c1-8-6-10(14)7-9(2)12(8)15-13(16)11-4-3-5-17-11/h6-7,11H,3-5H2,1-2H3,(H,15,16). The molecule has 92 valence electrons. The largest absolute Gasteiger partial charge is 0.368 e. The van der Waals surface area contributed by atoms with E-state index in [4.69, 9.17) is 4.74 Å². The van der Waals surface area contributed by atoms with Gasteiger partial charge in [0.25, 0.3) is 5.91 Å². The fraction of sp³-hybridized carbons (Fsp3) is 0.462. The van der Waals surface area contributed by atoms with Crippen LogP contribution in [-0.4, -0.2) is 18.6 Å². The lowest BCUT2D eigenvalue weighted by Gasteiger charge is -2.15. The minimum absolute atomic E-state index is 0.0315. The Bertz CT molecular complexity index is 416. The second-order valence-corrected chi connectivity index (χ2v) is 5.32. The zero-order chi connectivity index (χ0) is 12.4. The van der Waals surface area contributed by atoms with Crippen LogP contribution in [0, 0.1) is 13.8 Å². The third kappa shape index (κ3) is 2.87. The summed E-state index contributed by atoms with van der Waals surface area (Å²) in [6, 6.07) is 4.00. The van der Waals surface area contributed by atoms with E-state index in [0.717, 1.165) is 34.1 Å². The quantitative estimate of drug-likeness (QED) is 0.910. The molecule has 1 heterocycles. The lowest BCUT2D eigenvalue weighted by atomic mass is 10.1. The van der Waals surface area contributed by atoms with Crippen molar-refractivity contribution in [2.45, 2.75) is 32.8 Å². The highest BCUT2D eigenvalue weighted by Gasteiger charge is 2.24. The van der Waals surface area contributed by atoms with Crippen LogP contribution in [0.3, 0.4) is 0 Å². The Morgan fingerprint density at radius 2 is 2.06 bits per heavy atom. The van der Waals surface area contributed by atoms with Gasteiger partial charge in [0.2, 0.25) is 0 Å². The highest BCUT2D eigenvalue weighted by Crippen LogP contribution is 2.26. The molecule has 4 heteroatoms. The first kappa shape index (κ1) is 12.6. The number of halogens is 1. The lowest BCUT2D eigenvalue weighted by Crippen LogP contribution is -2.27. The van der Waals surface area contributed by atoms with E-state index in [9.17, 15) is 4.79 Å². The third-order valence-corrected chi connectivity index (χ3v) is 3.43. The maximum atomic E-state index is 12.0. The van der Waals surface area contributed by atoms with Crippen molar-refractivity contribution in [2.75, 3.05) is 11.9 Å². The van der Waals surface area contributed by atoms with Crippen LogP contribution in [0.15, 0.2) is 16.6 Å². The Hall–Kier alpha value is -0.870. The Kier molecular flexibility index (Phi) is 3.84. The van der Waals surface area contributed by atoms with Crippen LogP contribution in [-0.2, 0) is 9.53 Å². The molecule has 0 bridgehead atoms. The van der Waals surface area contributed by atoms with Gasteiger partial charge in [-0.2, -0.15) is 0 Å². The molecule has 1 aliphatic heterocycles. The van der Waals surface area contributed by atoms with Crippen LogP contribution in [0.2, 0.25) is 0 Å². The Balaban J connectivity index is 2.15. The minimum Gasteiger partial charge on any atom is -0.368 e. The van der Waals surface area contributed by atoms with Crippen molar-refractivity contribution < 1.29 is 9.53 Å². The summed E-state index contributed by atoms with van der Waals surface area (Å²) >= 11 is 3.44. The predicted octanol–water partition coefficient (Wildman–Crippen LogP) is 3.18. The van der Waals surface area contributed by atoms with Gasteiger partial charge in [0.05, 0.1) is 0 Å². The van der Waals surface area contributed by atoms with Crippen LogP contribution in [0.5, 0.6) is 0 Å². The second kappa shape index (κ2) is 5.19. The molecule has 3 nitrogen and oxygen atoms in total. The minimum atomic E-state index is -0.280. The second-order valence-electron chi connectivity index (χ2n) is 4.41. The molecule has 1 aromatic rings. The normalized spacial score (nSPS) is 19.4. The molecule has 1 N–H and O–H groups in total. The Morgan fingerprint density at radius 3 is 2.59 bits per heavy atom. The van der Waals surface area contributed by atoms with Gasteiger partial charge in [-0.1, -0.05) is 15.9 Å². The van der Waals surface area contributed by atoms with Gasteiger partial charge in [-0.3, -0.25) is 4.79 Å². The SMILES string of the molecule is Cc1cc(Br)cc(C)c1NC(=O)C1CCCO1. The van der Waals surface area contributed by atoms with Gasteiger partial charge < -0.3 is 10.1 Å². The molecular formula is C13H16BrNO2. The first-order valence-electron chi connectivity index (χ1n) is 5.77. The third-order valence-electron chi connectivity index (χ3n) is 2.97. The number of nitrogens with one attached hydrogen (secondary N) is 1. The number of hydrogen-bond donors (Lipinski definition) is 1. The van der Waals surface area contributed by atoms with Gasteiger partial charge in [0.15, 0.2) is 0 Å². The molecule has 0 aliphatic carbocycles. The number of rotatable bonds is 2. The number of ether oxygens (including phenoxy) is 1. The zero-order valence-electron chi connectivity index (χ0n) is 10.0. The maximum Gasteiger partial charge on any atom is 0.253 e.